The number of hydrogen-bond acceptors (Lipinski definition) is 10. The van der Waals surface area contributed by atoms with Crippen LogP contribution in [-0.2, 0) is 4.79 Å². The van der Waals surface area contributed by atoms with Crippen LogP contribution in [0.4, 0.5) is 10.1 Å². The summed E-state index contributed by atoms with van der Waals surface area (Å²) in [5.41, 5.74) is 11.0. The Balaban J connectivity index is 0.000000184. The molecule has 0 aliphatic heterocycles. The van der Waals surface area contributed by atoms with Gasteiger partial charge in [-0.2, -0.15) is 0 Å². The topological polar surface area (TPSA) is 112 Å². The average molecular weight is 1480 g/mol. The van der Waals surface area contributed by atoms with Crippen molar-refractivity contribution in [2.45, 2.75) is 146 Å². The van der Waals surface area contributed by atoms with Crippen LogP contribution in [-0.4, -0.2) is 26.7 Å². The van der Waals surface area contributed by atoms with Gasteiger partial charge in [0.25, 0.3) is 0 Å². The molecule has 12 aromatic carbocycles. The molecule has 12 heteroatoms. The van der Waals surface area contributed by atoms with Crippen LogP contribution < -0.4 is 47.9 Å². The first-order chi connectivity index (χ1) is 52.8. The Morgan fingerprint density at radius 2 is 0.536 bits per heavy atom. The first-order valence-electron chi connectivity index (χ1n) is 37.7. The lowest BCUT2D eigenvalue weighted by Crippen LogP contribution is -2.05. The molecule has 0 bridgehead atoms. The number of hydrogen-bond donors (Lipinski definition) is 1. The van der Waals surface area contributed by atoms with Gasteiger partial charge in [-0.25, -0.2) is 4.39 Å². The van der Waals surface area contributed by atoms with Gasteiger partial charge in [0.2, 0.25) is 5.91 Å². The lowest BCUT2D eigenvalue weighted by molar-refractivity contribution is -0.114. The van der Waals surface area contributed by atoms with E-state index in [2.05, 4.69) is 175 Å². The van der Waals surface area contributed by atoms with Gasteiger partial charge >= 0.3 is 0 Å². The molecule has 574 valence electrons. The number of amides is 1. The normalized spacial score (nSPS) is 10.5. The van der Waals surface area contributed by atoms with Crippen LogP contribution in [0.25, 0.3) is 0 Å². The van der Waals surface area contributed by atoms with E-state index in [1.807, 2.05) is 195 Å². The van der Waals surface area contributed by atoms with Crippen molar-refractivity contribution in [3.8, 4) is 86.2 Å². The Morgan fingerprint density at radius 1 is 0.291 bits per heavy atom. The molecule has 11 nitrogen and oxygen atoms in total. The molecule has 0 saturated heterocycles. The van der Waals surface area contributed by atoms with Crippen molar-refractivity contribution in [2.75, 3.05) is 26.1 Å². The molecule has 1 amide bonds. The molecule has 0 spiro atoms. The van der Waals surface area contributed by atoms with E-state index in [0.717, 1.165) is 68.9 Å². The van der Waals surface area contributed by atoms with Gasteiger partial charge in [-0.3, -0.25) is 4.79 Å². The van der Waals surface area contributed by atoms with Crippen molar-refractivity contribution in [1.29, 1.82) is 0 Å². The number of ether oxygens (including phenoxy) is 9. The Morgan fingerprint density at radius 3 is 0.827 bits per heavy atom. The summed E-state index contributed by atoms with van der Waals surface area (Å²) >= 11 is 0. The zero-order valence-corrected chi connectivity index (χ0v) is 67.3. The number of nitrogens with one attached hydrogen (secondary N) is 1. The van der Waals surface area contributed by atoms with E-state index in [9.17, 15) is 9.18 Å². The number of rotatable bonds is 23. The van der Waals surface area contributed by atoms with Gasteiger partial charge in [-0.1, -0.05) is 198 Å². The minimum Gasteiger partial charge on any atom is -0.497 e. The highest BCUT2D eigenvalue weighted by atomic mass is 19.1. The van der Waals surface area contributed by atoms with Crippen molar-refractivity contribution >= 4 is 11.6 Å². The maximum absolute atomic E-state index is 13.3. The molecule has 0 saturated carbocycles. The molecule has 0 heterocycles. The Labute approximate surface area is 653 Å². The van der Waals surface area contributed by atoms with Crippen molar-refractivity contribution < 1.29 is 51.8 Å². The molecule has 0 fully saturated rings. The summed E-state index contributed by atoms with van der Waals surface area (Å²) in [7, 11) is 3.15. The maximum Gasteiger partial charge on any atom is 0.221 e. The Kier molecular flexibility index (Phi) is 34.6. The summed E-state index contributed by atoms with van der Waals surface area (Å²) < 4.78 is 63.5. The summed E-state index contributed by atoms with van der Waals surface area (Å²) in [6.07, 6.45) is 0. The van der Waals surface area contributed by atoms with Crippen molar-refractivity contribution in [3.05, 3.63) is 335 Å². The molecule has 0 aromatic heterocycles. The van der Waals surface area contributed by atoms with Crippen molar-refractivity contribution in [3.63, 3.8) is 0 Å². The highest BCUT2D eigenvalue weighted by molar-refractivity contribution is 5.88. The Hall–Kier alpha value is -11.8. The van der Waals surface area contributed by atoms with Gasteiger partial charge in [-0.05, 0) is 234 Å². The van der Waals surface area contributed by atoms with Crippen LogP contribution in [0.5, 0.6) is 86.2 Å². The predicted molar refractivity (Wildman–Crippen MR) is 450 cm³/mol. The smallest absolute Gasteiger partial charge is 0.221 e. The number of benzene rings is 12. The number of methoxy groups -OCH3 is 2. The van der Waals surface area contributed by atoms with E-state index in [1.165, 1.54) is 70.7 Å². The van der Waals surface area contributed by atoms with Crippen LogP contribution in [0.15, 0.2) is 285 Å². The molecule has 1 N–H and O–H groups in total. The molecule has 12 rings (SSSR count). The minimum absolute atomic E-state index is 0.0940. The summed E-state index contributed by atoms with van der Waals surface area (Å²) in [4.78, 5) is 11.0. The summed E-state index contributed by atoms with van der Waals surface area (Å²) in [5.74, 6) is 14.2. The van der Waals surface area contributed by atoms with Gasteiger partial charge < -0.3 is 47.9 Å². The zero-order chi connectivity index (χ0) is 79.5. The van der Waals surface area contributed by atoms with E-state index in [0.29, 0.717) is 65.1 Å². The SMILES string of the molecule is CC(=O)Nc1cccc(Oc2ccc(C(C)C)cc2)c1.CCOc1cccc(Oc2ccc(C(C)C)cc2)c1.COc1cc(F)cc(Oc2ccc(C(C)C)cc2)c1.COc1cccc(Oc2ccc(C(C)C)cc2)c1.Cc1cccc(Oc2ccc(C(C)C)cc2)c1.Cc1cccc(Oc2ccc(C(C)C)cc2)c1. The van der Waals surface area contributed by atoms with E-state index in [-0.39, 0.29) is 11.7 Å². The van der Waals surface area contributed by atoms with Gasteiger partial charge in [0.1, 0.15) is 92.1 Å². The van der Waals surface area contributed by atoms with Gasteiger partial charge in [0.05, 0.1) is 20.8 Å². The van der Waals surface area contributed by atoms with E-state index >= 15 is 0 Å². The van der Waals surface area contributed by atoms with Crippen LogP contribution in [0.1, 0.15) is 177 Å². The third-order valence-corrected chi connectivity index (χ3v) is 17.1. The maximum atomic E-state index is 13.3. The standard InChI is InChI=1S/C17H19NO2.C17H20O2.C16H17FO2.C16H18O2.2C16H18O/c1-12(2)14-7-9-16(10-8-14)20-17-6-4-5-15(11-17)18-13(3)19;1-4-18-16-6-5-7-17(12-16)19-15-10-8-14(9-11-15)13(2)3;1-11(2)12-4-6-14(7-5-12)19-16-9-13(17)8-15(10-16)18-3;1-12(2)13-7-9-14(10-8-13)18-16-6-4-5-15(11-16)17-3;2*1-12(2)14-7-9-15(10-8-14)17-16-6-4-5-13(3)11-16/h4-12H,1-3H3,(H,18,19);5-13H,4H2,1-3H3;4-11H,1-3H3;4-12H,1-3H3;2*4-12H,1-3H3. The zero-order valence-electron chi connectivity index (χ0n) is 67.3. The van der Waals surface area contributed by atoms with Gasteiger partial charge in [-0.15, -0.1) is 0 Å². The number of halogens is 1. The fraction of sp³-hybridized carbons (Fsp3) is 0.255. The molecular weight excluding hydrogens is 1370 g/mol. The molecule has 0 radical (unpaired) electrons. The molecular formula is C98H110FNO10. The number of carbonyl (C=O) groups excluding carboxylic acids is 1. The van der Waals surface area contributed by atoms with Crippen LogP contribution in [0, 0.1) is 19.7 Å². The van der Waals surface area contributed by atoms with Crippen molar-refractivity contribution in [1.82, 2.24) is 0 Å². The average Bonchev–Trinajstić information content (AvgIpc) is 0.882. The van der Waals surface area contributed by atoms with E-state index in [1.54, 1.807) is 19.2 Å². The summed E-state index contributed by atoms with van der Waals surface area (Å²) in [6.45, 7) is 34.3. The monoisotopic (exact) mass is 1480 g/mol. The quantitative estimate of drug-likeness (QED) is 0.0664. The second-order valence-electron chi connectivity index (χ2n) is 28.2. The highest BCUT2D eigenvalue weighted by Gasteiger charge is 2.10. The molecule has 0 aliphatic carbocycles. The summed E-state index contributed by atoms with van der Waals surface area (Å²) in [6, 6.07) is 91.9. The third-order valence-electron chi connectivity index (χ3n) is 17.1. The molecule has 110 heavy (non-hydrogen) atoms. The van der Waals surface area contributed by atoms with Gasteiger partial charge in [0, 0.05) is 49.0 Å². The summed E-state index contributed by atoms with van der Waals surface area (Å²) in [5, 5.41) is 2.74. The number of anilines is 1. The second kappa shape index (κ2) is 44.5. The fourth-order valence-electron chi connectivity index (χ4n) is 10.7. The Bertz CT molecular complexity index is 4570. The number of carbonyl (C=O) groups is 1. The first kappa shape index (κ1) is 85.5. The predicted octanol–water partition coefficient (Wildman–Crippen LogP) is 28.7. The largest absolute Gasteiger partial charge is 0.497 e. The molecule has 0 atom stereocenters. The van der Waals surface area contributed by atoms with Crippen molar-refractivity contribution in [2.24, 2.45) is 0 Å². The van der Waals surface area contributed by atoms with E-state index < -0.39 is 0 Å². The lowest BCUT2D eigenvalue weighted by atomic mass is 10.0. The molecule has 0 unspecified atom stereocenters. The van der Waals surface area contributed by atoms with Crippen LogP contribution in [0.2, 0.25) is 0 Å². The fourth-order valence-corrected chi connectivity index (χ4v) is 10.7. The highest BCUT2D eigenvalue weighted by Crippen LogP contribution is 2.33. The van der Waals surface area contributed by atoms with E-state index in [4.69, 9.17) is 42.6 Å². The minimum atomic E-state index is -0.381. The van der Waals surface area contributed by atoms with Crippen LogP contribution in [0.3, 0.4) is 0 Å². The first-order valence-corrected chi connectivity index (χ1v) is 37.7. The van der Waals surface area contributed by atoms with Crippen LogP contribution >= 0.6 is 0 Å². The third kappa shape index (κ3) is 30.5. The number of aryl methyl sites for hydroxylation is 2. The van der Waals surface area contributed by atoms with Gasteiger partial charge in [0.15, 0.2) is 0 Å². The molecule has 12 aromatic rings. The molecule has 0 aliphatic rings. The lowest BCUT2D eigenvalue weighted by Gasteiger charge is -2.10. The second-order valence-corrected chi connectivity index (χ2v) is 28.2.